The first-order valence-electron chi connectivity index (χ1n) is 7.18. The fraction of sp³-hybridized carbons (Fsp3) is 0.176. The lowest BCUT2D eigenvalue weighted by atomic mass is 10.2. The van der Waals surface area contributed by atoms with E-state index < -0.39 is 11.9 Å². The van der Waals surface area contributed by atoms with Crippen LogP contribution in [0.5, 0.6) is 11.5 Å². The second-order valence-electron chi connectivity index (χ2n) is 4.74. The lowest BCUT2D eigenvalue weighted by Crippen LogP contribution is -2.20. The SMILES string of the molecule is CCOC(=O)c1ccc(O)c(NC(=O)COc2ccc(Br)cc2)c1. The van der Waals surface area contributed by atoms with Gasteiger partial charge in [-0.05, 0) is 49.4 Å². The summed E-state index contributed by atoms with van der Waals surface area (Å²) in [7, 11) is 0. The molecule has 1 amide bonds. The summed E-state index contributed by atoms with van der Waals surface area (Å²) in [6, 6.07) is 11.1. The maximum atomic E-state index is 11.9. The molecule has 0 bridgehead atoms. The van der Waals surface area contributed by atoms with Crippen LogP contribution in [0.25, 0.3) is 0 Å². The van der Waals surface area contributed by atoms with E-state index in [0.29, 0.717) is 5.75 Å². The lowest BCUT2D eigenvalue weighted by molar-refractivity contribution is -0.118. The Balaban J connectivity index is 1.98. The molecule has 0 saturated carbocycles. The summed E-state index contributed by atoms with van der Waals surface area (Å²) >= 11 is 3.31. The Morgan fingerprint density at radius 1 is 1.17 bits per heavy atom. The van der Waals surface area contributed by atoms with Crippen molar-refractivity contribution in [2.45, 2.75) is 6.92 Å². The Morgan fingerprint density at radius 3 is 2.54 bits per heavy atom. The van der Waals surface area contributed by atoms with Crippen LogP contribution in [0, 0.1) is 0 Å². The minimum absolute atomic E-state index is 0.116. The Hall–Kier alpha value is -2.54. The molecule has 0 radical (unpaired) electrons. The average Bonchev–Trinajstić information content (AvgIpc) is 2.56. The molecule has 0 atom stereocenters. The van der Waals surface area contributed by atoms with Crippen LogP contribution in [0.2, 0.25) is 0 Å². The maximum Gasteiger partial charge on any atom is 0.338 e. The van der Waals surface area contributed by atoms with Gasteiger partial charge >= 0.3 is 5.97 Å². The van der Waals surface area contributed by atoms with Gasteiger partial charge in [-0.25, -0.2) is 4.79 Å². The molecular formula is C17H16BrNO5. The highest BCUT2D eigenvalue weighted by molar-refractivity contribution is 9.10. The number of anilines is 1. The Bertz CT molecular complexity index is 730. The molecule has 0 spiro atoms. The number of hydrogen-bond donors (Lipinski definition) is 2. The van der Waals surface area contributed by atoms with Crippen molar-refractivity contribution in [3.8, 4) is 11.5 Å². The summed E-state index contributed by atoms with van der Waals surface area (Å²) in [4.78, 5) is 23.6. The van der Waals surface area contributed by atoms with Crippen LogP contribution >= 0.6 is 15.9 Å². The van der Waals surface area contributed by atoms with Crippen LogP contribution in [-0.4, -0.2) is 30.2 Å². The van der Waals surface area contributed by atoms with E-state index in [4.69, 9.17) is 9.47 Å². The Kier molecular flexibility index (Phi) is 6.20. The van der Waals surface area contributed by atoms with E-state index in [9.17, 15) is 14.7 Å². The summed E-state index contributed by atoms with van der Waals surface area (Å²) in [5, 5.41) is 12.3. The van der Waals surface area contributed by atoms with Gasteiger partial charge < -0.3 is 19.9 Å². The third-order valence-corrected chi connectivity index (χ3v) is 3.49. The van der Waals surface area contributed by atoms with E-state index >= 15 is 0 Å². The van der Waals surface area contributed by atoms with Gasteiger partial charge in [-0.2, -0.15) is 0 Å². The molecule has 0 saturated heterocycles. The van der Waals surface area contributed by atoms with Gasteiger partial charge in [0.2, 0.25) is 0 Å². The van der Waals surface area contributed by atoms with Gasteiger partial charge in [0.1, 0.15) is 11.5 Å². The molecule has 0 fully saturated rings. The van der Waals surface area contributed by atoms with Crippen molar-refractivity contribution in [3.63, 3.8) is 0 Å². The standard InChI is InChI=1S/C17H16BrNO5/c1-2-23-17(22)11-3-8-15(20)14(9-11)19-16(21)10-24-13-6-4-12(18)5-7-13/h3-9,20H,2,10H2,1H3,(H,19,21). The van der Waals surface area contributed by atoms with Crippen molar-refractivity contribution in [2.75, 3.05) is 18.5 Å². The Labute approximate surface area is 147 Å². The molecular weight excluding hydrogens is 378 g/mol. The molecule has 24 heavy (non-hydrogen) atoms. The van der Waals surface area contributed by atoms with E-state index in [-0.39, 0.29) is 30.2 Å². The van der Waals surface area contributed by atoms with Gasteiger partial charge in [-0.1, -0.05) is 15.9 Å². The van der Waals surface area contributed by atoms with Crippen molar-refractivity contribution in [2.24, 2.45) is 0 Å². The van der Waals surface area contributed by atoms with E-state index in [1.165, 1.54) is 18.2 Å². The normalized spacial score (nSPS) is 10.1. The first-order valence-corrected chi connectivity index (χ1v) is 7.97. The van der Waals surface area contributed by atoms with Gasteiger partial charge in [0.05, 0.1) is 17.9 Å². The van der Waals surface area contributed by atoms with Crippen LogP contribution in [-0.2, 0) is 9.53 Å². The molecule has 0 aliphatic rings. The van der Waals surface area contributed by atoms with Crippen LogP contribution in [0.1, 0.15) is 17.3 Å². The molecule has 2 aromatic carbocycles. The predicted molar refractivity (Wildman–Crippen MR) is 92.3 cm³/mol. The summed E-state index contributed by atoms with van der Waals surface area (Å²) in [5.41, 5.74) is 0.351. The van der Waals surface area contributed by atoms with Crippen molar-refractivity contribution in [3.05, 3.63) is 52.5 Å². The number of hydrogen-bond acceptors (Lipinski definition) is 5. The third-order valence-electron chi connectivity index (χ3n) is 2.97. The largest absolute Gasteiger partial charge is 0.506 e. The minimum atomic E-state index is -0.529. The number of ether oxygens (including phenoxy) is 2. The second-order valence-corrected chi connectivity index (χ2v) is 5.66. The van der Waals surface area contributed by atoms with Gasteiger partial charge in [0.15, 0.2) is 6.61 Å². The van der Waals surface area contributed by atoms with Crippen molar-refractivity contribution < 1.29 is 24.2 Å². The minimum Gasteiger partial charge on any atom is -0.506 e. The highest BCUT2D eigenvalue weighted by Crippen LogP contribution is 2.24. The zero-order valence-corrected chi connectivity index (χ0v) is 14.5. The van der Waals surface area contributed by atoms with Crippen LogP contribution in [0.15, 0.2) is 46.9 Å². The molecule has 2 N–H and O–H groups in total. The fourth-order valence-electron chi connectivity index (χ4n) is 1.84. The fourth-order valence-corrected chi connectivity index (χ4v) is 2.11. The number of carbonyl (C=O) groups is 2. The number of esters is 1. The molecule has 2 rings (SSSR count). The topological polar surface area (TPSA) is 84.9 Å². The number of phenols is 1. The summed E-state index contributed by atoms with van der Waals surface area (Å²) in [6.45, 7) is 1.70. The van der Waals surface area contributed by atoms with Crippen LogP contribution in [0.3, 0.4) is 0 Å². The van der Waals surface area contributed by atoms with Crippen molar-refractivity contribution in [1.29, 1.82) is 0 Å². The molecule has 2 aromatic rings. The number of halogens is 1. The molecule has 0 aromatic heterocycles. The smallest absolute Gasteiger partial charge is 0.338 e. The highest BCUT2D eigenvalue weighted by Gasteiger charge is 2.12. The summed E-state index contributed by atoms with van der Waals surface area (Å²) in [5.74, 6) is -0.605. The quantitative estimate of drug-likeness (QED) is 0.580. The number of phenolic OH excluding ortho intramolecular Hbond substituents is 1. The number of carbonyl (C=O) groups excluding carboxylic acids is 2. The van der Waals surface area contributed by atoms with Gasteiger partial charge in [-0.15, -0.1) is 0 Å². The van der Waals surface area contributed by atoms with Crippen LogP contribution < -0.4 is 10.1 Å². The van der Waals surface area contributed by atoms with E-state index in [1.54, 1.807) is 31.2 Å². The molecule has 6 nitrogen and oxygen atoms in total. The lowest BCUT2D eigenvalue weighted by Gasteiger charge is -2.10. The number of aromatic hydroxyl groups is 1. The molecule has 126 valence electrons. The van der Waals surface area contributed by atoms with Gasteiger partial charge in [0.25, 0.3) is 5.91 Å². The van der Waals surface area contributed by atoms with Crippen LogP contribution in [0.4, 0.5) is 5.69 Å². The molecule has 0 unspecified atom stereocenters. The van der Waals surface area contributed by atoms with E-state index in [1.807, 2.05) is 0 Å². The monoisotopic (exact) mass is 393 g/mol. The van der Waals surface area contributed by atoms with E-state index in [2.05, 4.69) is 21.2 Å². The van der Waals surface area contributed by atoms with Crippen molar-refractivity contribution >= 4 is 33.5 Å². The number of amides is 1. The zero-order valence-electron chi connectivity index (χ0n) is 12.9. The number of rotatable bonds is 6. The summed E-state index contributed by atoms with van der Waals surface area (Å²) in [6.07, 6.45) is 0. The highest BCUT2D eigenvalue weighted by atomic mass is 79.9. The predicted octanol–water partition coefficient (Wildman–Crippen LogP) is 3.35. The molecule has 7 heteroatoms. The number of nitrogens with one attached hydrogen (secondary N) is 1. The summed E-state index contributed by atoms with van der Waals surface area (Å²) < 4.78 is 11.1. The van der Waals surface area contributed by atoms with Gasteiger partial charge in [0, 0.05) is 4.47 Å². The molecule has 0 heterocycles. The first kappa shape index (κ1) is 17.8. The molecule has 0 aliphatic carbocycles. The Morgan fingerprint density at radius 2 is 1.88 bits per heavy atom. The maximum absolute atomic E-state index is 11.9. The average molecular weight is 394 g/mol. The number of benzene rings is 2. The third kappa shape index (κ3) is 4.99. The molecule has 0 aliphatic heterocycles. The van der Waals surface area contributed by atoms with Gasteiger partial charge in [-0.3, -0.25) is 4.79 Å². The first-order chi connectivity index (χ1) is 11.5. The van der Waals surface area contributed by atoms with Crippen molar-refractivity contribution in [1.82, 2.24) is 0 Å². The second kappa shape index (κ2) is 8.35. The van der Waals surface area contributed by atoms with E-state index in [0.717, 1.165) is 4.47 Å². The zero-order chi connectivity index (χ0) is 17.5.